The molecule has 1 heterocycles. The van der Waals surface area contributed by atoms with E-state index < -0.39 is 0 Å². The van der Waals surface area contributed by atoms with E-state index in [0.717, 1.165) is 24.2 Å². The van der Waals surface area contributed by atoms with Crippen LogP contribution in [0.4, 0.5) is 0 Å². The normalized spacial score (nSPS) is 11.1. The zero-order chi connectivity index (χ0) is 12.1. The predicted molar refractivity (Wildman–Crippen MR) is 65.6 cm³/mol. The van der Waals surface area contributed by atoms with E-state index in [1.54, 1.807) is 7.05 Å². The Balaban J connectivity index is 2.93. The van der Waals surface area contributed by atoms with Gasteiger partial charge in [-0.15, -0.1) is 0 Å². The fourth-order valence-electron chi connectivity index (χ4n) is 1.50. The predicted octanol–water partition coefficient (Wildman–Crippen LogP) is 1.40. The number of hydrogen-bond donors (Lipinski definition) is 1. The van der Waals surface area contributed by atoms with Crippen molar-refractivity contribution in [3.05, 3.63) is 27.7 Å². The van der Waals surface area contributed by atoms with Crippen molar-refractivity contribution in [2.75, 3.05) is 6.54 Å². The van der Waals surface area contributed by atoms with E-state index in [-0.39, 0.29) is 5.56 Å². The topological polar surface area (TPSA) is 46.9 Å². The van der Waals surface area contributed by atoms with Crippen LogP contribution in [-0.4, -0.2) is 16.3 Å². The molecule has 0 aliphatic rings. The van der Waals surface area contributed by atoms with Crippen molar-refractivity contribution in [3.63, 3.8) is 0 Å². The van der Waals surface area contributed by atoms with Gasteiger partial charge in [0.15, 0.2) is 0 Å². The lowest BCUT2D eigenvalue weighted by Crippen LogP contribution is -2.28. The Labute approximate surface area is 96.7 Å². The van der Waals surface area contributed by atoms with Crippen LogP contribution in [0.15, 0.2) is 10.9 Å². The molecule has 1 aromatic rings. The van der Waals surface area contributed by atoms with Crippen LogP contribution in [0.2, 0.25) is 0 Å². The molecule has 0 unspecified atom stereocenters. The molecular weight excluding hydrogens is 202 g/mol. The second kappa shape index (κ2) is 5.80. The van der Waals surface area contributed by atoms with Crippen LogP contribution in [0.5, 0.6) is 0 Å². The van der Waals surface area contributed by atoms with Crippen LogP contribution in [0.1, 0.15) is 44.4 Å². The van der Waals surface area contributed by atoms with Crippen molar-refractivity contribution in [3.8, 4) is 0 Å². The zero-order valence-electron chi connectivity index (χ0n) is 10.6. The van der Waals surface area contributed by atoms with Gasteiger partial charge in [0.1, 0.15) is 0 Å². The molecule has 0 saturated heterocycles. The van der Waals surface area contributed by atoms with E-state index >= 15 is 0 Å². The summed E-state index contributed by atoms with van der Waals surface area (Å²) in [5, 5.41) is 7.48. The van der Waals surface area contributed by atoms with E-state index in [2.05, 4.69) is 31.2 Å². The second-order valence-electron chi connectivity index (χ2n) is 4.35. The molecule has 0 aromatic carbocycles. The van der Waals surface area contributed by atoms with Crippen molar-refractivity contribution in [1.82, 2.24) is 15.1 Å². The zero-order valence-corrected chi connectivity index (χ0v) is 10.6. The molecule has 0 saturated carbocycles. The lowest BCUT2D eigenvalue weighted by molar-refractivity contribution is 0.616. The van der Waals surface area contributed by atoms with E-state index in [1.807, 2.05) is 6.07 Å². The number of hydrogen-bond acceptors (Lipinski definition) is 3. The molecule has 0 aliphatic carbocycles. The molecule has 0 radical (unpaired) electrons. The monoisotopic (exact) mass is 223 g/mol. The molecule has 0 amide bonds. The Morgan fingerprint density at radius 1 is 1.50 bits per heavy atom. The molecule has 0 spiro atoms. The van der Waals surface area contributed by atoms with Crippen LogP contribution in [0.3, 0.4) is 0 Å². The molecule has 0 fully saturated rings. The summed E-state index contributed by atoms with van der Waals surface area (Å²) in [7, 11) is 1.71. The average molecular weight is 223 g/mol. The lowest BCUT2D eigenvalue weighted by atomic mass is 10.1. The van der Waals surface area contributed by atoms with Gasteiger partial charge < -0.3 is 5.32 Å². The fraction of sp³-hybridized carbons (Fsp3) is 0.667. The van der Waals surface area contributed by atoms with Crippen LogP contribution >= 0.6 is 0 Å². The highest BCUT2D eigenvalue weighted by Gasteiger charge is 2.08. The molecule has 90 valence electrons. The minimum Gasteiger partial charge on any atom is -0.312 e. The highest BCUT2D eigenvalue weighted by Crippen LogP contribution is 2.10. The fourth-order valence-corrected chi connectivity index (χ4v) is 1.50. The first-order chi connectivity index (χ1) is 7.56. The van der Waals surface area contributed by atoms with Crippen LogP contribution in [0, 0.1) is 0 Å². The highest BCUT2D eigenvalue weighted by atomic mass is 16.1. The summed E-state index contributed by atoms with van der Waals surface area (Å²) < 4.78 is 1.43. The van der Waals surface area contributed by atoms with Gasteiger partial charge in [-0.25, -0.2) is 4.68 Å². The Bertz CT molecular complexity index is 396. The molecule has 1 rings (SSSR count). The third-order valence-corrected chi connectivity index (χ3v) is 2.49. The summed E-state index contributed by atoms with van der Waals surface area (Å²) in [5.41, 5.74) is 1.76. The Hall–Kier alpha value is -1.16. The van der Waals surface area contributed by atoms with Crippen LogP contribution in [-0.2, 0) is 13.6 Å². The highest BCUT2D eigenvalue weighted by molar-refractivity contribution is 5.15. The van der Waals surface area contributed by atoms with Crippen LogP contribution in [0.25, 0.3) is 0 Å². The van der Waals surface area contributed by atoms with Gasteiger partial charge in [0.2, 0.25) is 0 Å². The van der Waals surface area contributed by atoms with E-state index in [1.165, 1.54) is 4.68 Å². The molecular formula is C12H21N3O. The number of rotatable bonds is 5. The Kier molecular flexibility index (Phi) is 4.68. The molecule has 0 atom stereocenters. The van der Waals surface area contributed by atoms with Crippen molar-refractivity contribution in [1.29, 1.82) is 0 Å². The molecule has 4 nitrogen and oxygen atoms in total. The molecule has 4 heteroatoms. The van der Waals surface area contributed by atoms with Gasteiger partial charge >= 0.3 is 0 Å². The maximum absolute atomic E-state index is 11.8. The summed E-state index contributed by atoms with van der Waals surface area (Å²) in [6.45, 7) is 7.83. The second-order valence-corrected chi connectivity index (χ2v) is 4.35. The SMILES string of the molecule is CCCNCc1cc(C(C)C)nn(C)c1=O. The van der Waals surface area contributed by atoms with Gasteiger partial charge in [-0.2, -0.15) is 5.10 Å². The molecule has 1 aromatic heterocycles. The summed E-state index contributed by atoms with van der Waals surface area (Å²) in [6, 6.07) is 1.91. The third kappa shape index (κ3) is 3.17. The number of aryl methyl sites for hydroxylation is 1. The quantitative estimate of drug-likeness (QED) is 0.768. The Morgan fingerprint density at radius 2 is 2.19 bits per heavy atom. The number of nitrogens with one attached hydrogen (secondary N) is 1. The average Bonchev–Trinajstić information content (AvgIpc) is 2.24. The van der Waals surface area contributed by atoms with E-state index in [0.29, 0.717) is 12.5 Å². The smallest absolute Gasteiger partial charge is 0.270 e. The van der Waals surface area contributed by atoms with Gasteiger partial charge in [0.05, 0.1) is 5.69 Å². The summed E-state index contributed by atoms with van der Waals surface area (Å²) >= 11 is 0. The van der Waals surface area contributed by atoms with Gasteiger partial charge in [0, 0.05) is 19.2 Å². The minimum absolute atomic E-state index is 0.00648. The van der Waals surface area contributed by atoms with Crippen LogP contribution < -0.4 is 10.9 Å². The van der Waals surface area contributed by atoms with Crippen molar-refractivity contribution in [2.24, 2.45) is 7.05 Å². The van der Waals surface area contributed by atoms with Crippen molar-refractivity contribution < 1.29 is 0 Å². The molecule has 0 bridgehead atoms. The van der Waals surface area contributed by atoms with E-state index in [9.17, 15) is 4.79 Å². The van der Waals surface area contributed by atoms with Crippen molar-refractivity contribution >= 4 is 0 Å². The first-order valence-corrected chi connectivity index (χ1v) is 5.84. The summed E-state index contributed by atoms with van der Waals surface area (Å²) in [4.78, 5) is 11.8. The summed E-state index contributed by atoms with van der Waals surface area (Å²) in [5.74, 6) is 0.344. The number of nitrogens with zero attached hydrogens (tertiary/aromatic N) is 2. The maximum Gasteiger partial charge on any atom is 0.270 e. The molecule has 1 N–H and O–H groups in total. The lowest BCUT2D eigenvalue weighted by Gasteiger charge is -2.10. The first-order valence-electron chi connectivity index (χ1n) is 5.84. The van der Waals surface area contributed by atoms with Crippen molar-refractivity contribution in [2.45, 2.75) is 39.7 Å². The van der Waals surface area contributed by atoms with E-state index in [4.69, 9.17) is 0 Å². The summed E-state index contributed by atoms with van der Waals surface area (Å²) in [6.07, 6.45) is 1.07. The minimum atomic E-state index is -0.00648. The molecule has 0 aliphatic heterocycles. The largest absolute Gasteiger partial charge is 0.312 e. The first kappa shape index (κ1) is 12.9. The Morgan fingerprint density at radius 3 is 2.75 bits per heavy atom. The van der Waals surface area contributed by atoms with Gasteiger partial charge in [-0.1, -0.05) is 20.8 Å². The number of aromatic nitrogens is 2. The van der Waals surface area contributed by atoms with Gasteiger partial charge in [0.25, 0.3) is 5.56 Å². The van der Waals surface area contributed by atoms with Gasteiger partial charge in [-0.3, -0.25) is 4.79 Å². The third-order valence-electron chi connectivity index (χ3n) is 2.49. The molecule has 16 heavy (non-hydrogen) atoms. The standard InChI is InChI=1S/C12H21N3O/c1-5-6-13-8-10-7-11(9(2)3)14-15(4)12(10)16/h7,9,13H,5-6,8H2,1-4H3. The van der Waals surface area contributed by atoms with Gasteiger partial charge in [-0.05, 0) is 24.9 Å². The maximum atomic E-state index is 11.8.